The highest BCUT2D eigenvalue weighted by Crippen LogP contribution is 2.49. The van der Waals surface area contributed by atoms with Crippen LogP contribution in [0, 0.1) is 12.7 Å². The molecule has 37 heavy (non-hydrogen) atoms. The molecule has 2 aromatic heterocycles. The number of benzene rings is 2. The lowest BCUT2D eigenvalue weighted by molar-refractivity contribution is -0.274. The summed E-state index contributed by atoms with van der Waals surface area (Å²) in [6, 6.07) is 10.7. The summed E-state index contributed by atoms with van der Waals surface area (Å²) in [4.78, 5) is 3.95. The smallest absolute Gasteiger partial charge is 0.406 e. The second-order valence-corrected chi connectivity index (χ2v) is 8.08. The summed E-state index contributed by atoms with van der Waals surface area (Å²) in [7, 11) is 1.10. The van der Waals surface area contributed by atoms with Crippen molar-refractivity contribution in [3.63, 3.8) is 0 Å². The lowest BCUT2D eigenvalue weighted by Crippen LogP contribution is -2.49. The zero-order chi connectivity index (χ0) is 26.8. The lowest BCUT2D eigenvalue weighted by atomic mass is 9.82. The van der Waals surface area contributed by atoms with E-state index in [9.17, 15) is 17.6 Å². The van der Waals surface area contributed by atoms with E-state index < -0.39 is 41.7 Å². The third-order valence-electron chi connectivity index (χ3n) is 5.76. The van der Waals surface area contributed by atoms with Gasteiger partial charge in [-0.1, -0.05) is 24.3 Å². The molecule has 0 aliphatic rings. The topological polar surface area (TPSA) is 75.0 Å². The number of tetrazole rings is 1. The van der Waals surface area contributed by atoms with Gasteiger partial charge in [-0.2, -0.15) is 8.78 Å². The molecule has 4 aromatic rings. The predicted molar refractivity (Wildman–Crippen MR) is 118 cm³/mol. The Balaban J connectivity index is 1.72. The first kappa shape index (κ1) is 26.1. The molecule has 1 atom stereocenters. The van der Waals surface area contributed by atoms with E-state index in [1.165, 1.54) is 31.2 Å². The van der Waals surface area contributed by atoms with Gasteiger partial charge in [-0.3, -0.25) is 4.98 Å². The van der Waals surface area contributed by atoms with Crippen LogP contribution in [0.15, 0.2) is 67.1 Å². The van der Waals surface area contributed by atoms with Gasteiger partial charge in [0.05, 0.1) is 6.54 Å². The van der Waals surface area contributed by atoms with E-state index in [0.29, 0.717) is 11.1 Å². The highest BCUT2D eigenvalue weighted by atomic mass is 19.4. The summed E-state index contributed by atoms with van der Waals surface area (Å²) < 4.78 is 93.9. The number of pyridine rings is 1. The maximum absolute atomic E-state index is 16.3. The van der Waals surface area contributed by atoms with Crippen molar-refractivity contribution in [1.29, 1.82) is 0 Å². The molecule has 0 aliphatic carbocycles. The molecule has 194 valence electrons. The van der Waals surface area contributed by atoms with Gasteiger partial charge in [0.1, 0.15) is 23.6 Å². The fourth-order valence-corrected chi connectivity index (χ4v) is 4.02. The van der Waals surface area contributed by atoms with Gasteiger partial charge in [-0.15, -0.1) is 18.3 Å². The van der Waals surface area contributed by atoms with Gasteiger partial charge in [0.25, 0.3) is 0 Å². The molecular weight excluding hydrogens is 504 g/mol. The summed E-state index contributed by atoms with van der Waals surface area (Å²) in [5.41, 5.74) is -2.02. The molecule has 13 heteroatoms. The standard InChI is InChI=1S/C24H19F6N5O2/c1-15-11-18(25)6-9-20(15)22(36-2,13-35-14-32-33-34-35)23(26,27)21-10-5-17(12-31-21)16-3-7-19(8-4-16)37-24(28,29)30/h3-12,14H,13H2,1-2H3/t22-/m0/s1. The molecule has 2 heterocycles. The number of hydrogen-bond donors (Lipinski definition) is 0. The van der Waals surface area contributed by atoms with Crippen molar-refractivity contribution < 1.29 is 35.8 Å². The molecule has 4 rings (SSSR count). The van der Waals surface area contributed by atoms with Crippen LogP contribution < -0.4 is 4.74 Å². The Hall–Kier alpha value is -4.00. The Kier molecular flexibility index (Phi) is 6.91. The van der Waals surface area contributed by atoms with E-state index in [1.807, 2.05) is 0 Å². The van der Waals surface area contributed by atoms with Crippen molar-refractivity contribution >= 4 is 0 Å². The van der Waals surface area contributed by atoms with Gasteiger partial charge in [-0.05, 0) is 64.4 Å². The molecule has 7 nitrogen and oxygen atoms in total. The number of methoxy groups -OCH3 is 1. The molecule has 0 bridgehead atoms. The first-order valence-corrected chi connectivity index (χ1v) is 10.7. The molecule has 0 radical (unpaired) electrons. The lowest BCUT2D eigenvalue weighted by Gasteiger charge is -2.39. The van der Waals surface area contributed by atoms with Crippen molar-refractivity contribution in [2.45, 2.75) is 31.4 Å². The molecule has 0 unspecified atom stereocenters. The van der Waals surface area contributed by atoms with Crippen LogP contribution in [0.4, 0.5) is 26.3 Å². The highest BCUT2D eigenvalue weighted by molar-refractivity contribution is 5.63. The minimum Gasteiger partial charge on any atom is -0.406 e. The average molecular weight is 523 g/mol. The van der Waals surface area contributed by atoms with Crippen molar-refractivity contribution in [1.82, 2.24) is 25.2 Å². The molecule has 0 saturated carbocycles. The van der Waals surface area contributed by atoms with Gasteiger partial charge in [0.15, 0.2) is 5.60 Å². The summed E-state index contributed by atoms with van der Waals surface area (Å²) in [5.74, 6) is -4.81. The highest BCUT2D eigenvalue weighted by Gasteiger charge is 2.59. The minimum absolute atomic E-state index is 0.00281. The van der Waals surface area contributed by atoms with Crippen LogP contribution in [0.2, 0.25) is 0 Å². The Morgan fingerprint density at radius 2 is 1.62 bits per heavy atom. The van der Waals surface area contributed by atoms with Crippen LogP contribution in [0.3, 0.4) is 0 Å². The number of hydrogen-bond acceptors (Lipinski definition) is 6. The van der Waals surface area contributed by atoms with Gasteiger partial charge in [-0.25, -0.2) is 9.07 Å². The zero-order valence-corrected chi connectivity index (χ0v) is 19.4. The van der Waals surface area contributed by atoms with E-state index >= 15 is 8.78 Å². The Bertz CT molecular complexity index is 1350. The Labute approximate surface area is 206 Å². The van der Waals surface area contributed by atoms with Crippen LogP contribution in [0.25, 0.3) is 11.1 Å². The van der Waals surface area contributed by atoms with Gasteiger partial charge in [0.2, 0.25) is 0 Å². The number of ether oxygens (including phenoxy) is 2. The zero-order valence-electron chi connectivity index (χ0n) is 19.4. The molecule has 0 amide bonds. The minimum atomic E-state index is -4.84. The normalized spacial score (nSPS) is 13.8. The summed E-state index contributed by atoms with van der Waals surface area (Å²) in [6.07, 6.45) is -2.53. The first-order valence-electron chi connectivity index (χ1n) is 10.7. The second kappa shape index (κ2) is 9.81. The van der Waals surface area contributed by atoms with Crippen molar-refractivity contribution in [3.8, 4) is 16.9 Å². The van der Waals surface area contributed by atoms with Gasteiger partial charge in [0, 0.05) is 18.9 Å². The predicted octanol–water partition coefficient (Wildman–Crippen LogP) is 5.42. The number of rotatable bonds is 8. The SMILES string of the molecule is CO[C@@](Cn1cnnn1)(c1ccc(F)cc1C)C(F)(F)c1ccc(-c2ccc(OC(F)(F)F)cc2)cn1. The monoisotopic (exact) mass is 523 g/mol. The quantitative estimate of drug-likeness (QED) is 0.288. The fourth-order valence-electron chi connectivity index (χ4n) is 4.02. The van der Waals surface area contributed by atoms with Crippen LogP contribution in [-0.4, -0.2) is 38.7 Å². The van der Waals surface area contributed by atoms with Crippen LogP contribution in [0.5, 0.6) is 5.75 Å². The largest absolute Gasteiger partial charge is 0.573 e. The number of aryl methyl sites for hydroxylation is 1. The summed E-state index contributed by atoms with van der Waals surface area (Å²) in [5, 5.41) is 10.6. The second-order valence-electron chi connectivity index (χ2n) is 8.08. The van der Waals surface area contributed by atoms with Gasteiger partial charge >= 0.3 is 12.3 Å². The van der Waals surface area contributed by atoms with Crippen molar-refractivity contribution in [2.24, 2.45) is 0 Å². The van der Waals surface area contributed by atoms with Crippen LogP contribution in [-0.2, 0) is 22.8 Å². The number of nitrogens with zero attached hydrogens (tertiary/aromatic N) is 5. The molecule has 0 fully saturated rings. The molecular formula is C24H19F6N5O2. The molecule has 0 N–H and O–H groups in total. The maximum atomic E-state index is 16.3. The number of aromatic nitrogens is 5. The average Bonchev–Trinajstić information content (AvgIpc) is 3.35. The van der Waals surface area contributed by atoms with Crippen molar-refractivity contribution in [3.05, 3.63) is 89.8 Å². The number of halogens is 6. The fraction of sp³-hybridized carbons (Fsp3) is 0.250. The first-order chi connectivity index (χ1) is 17.4. The van der Waals surface area contributed by atoms with Gasteiger partial charge < -0.3 is 9.47 Å². The van der Waals surface area contributed by atoms with E-state index in [1.54, 1.807) is 0 Å². The Morgan fingerprint density at radius 3 is 2.16 bits per heavy atom. The van der Waals surface area contributed by atoms with E-state index in [2.05, 4.69) is 25.2 Å². The maximum Gasteiger partial charge on any atom is 0.573 e. The van der Waals surface area contributed by atoms with E-state index in [4.69, 9.17) is 4.74 Å². The molecule has 0 saturated heterocycles. The van der Waals surface area contributed by atoms with E-state index in [0.717, 1.165) is 54.6 Å². The molecule has 2 aromatic carbocycles. The summed E-state index contributed by atoms with van der Waals surface area (Å²) in [6.45, 7) is 0.949. The number of alkyl halides is 5. The van der Waals surface area contributed by atoms with Crippen molar-refractivity contribution in [2.75, 3.05) is 7.11 Å². The van der Waals surface area contributed by atoms with Crippen LogP contribution >= 0.6 is 0 Å². The van der Waals surface area contributed by atoms with Crippen LogP contribution in [0.1, 0.15) is 16.8 Å². The third-order valence-corrected chi connectivity index (χ3v) is 5.76. The molecule has 0 spiro atoms. The Morgan fingerprint density at radius 1 is 0.919 bits per heavy atom. The third kappa shape index (κ3) is 5.26. The summed E-state index contributed by atoms with van der Waals surface area (Å²) >= 11 is 0. The molecule has 0 aliphatic heterocycles. The van der Waals surface area contributed by atoms with E-state index in [-0.39, 0.29) is 11.1 Å².